The van der Waals surface area contributed by atoms with Crippen LogP contribution in [0.25, 0.3) is 0 Å². The largest absolute Gasteiger partial charge is 0.491 e. The molecule has 32 heavy (non-hydrogen) atoms. The molecule has 0 bridgehead atoms. The molecular weight excluding hydrogens is 420 g/mol. The standard InChI is InChI=1S/C26H34N2O3S/c1-17(2)19-5-9-21(10-6-19)31-16-23-22-12-14-32-24(22)11-13-27(23)25(29)15-28(20-7-8-20)26(30)18(3)4/h5-6,9-10,12,14,17-18,20,23H,7-8,11,13,15-16H2,1-4H3. The van der Waals surface area contributed by atoms with E-state index in [9.17, 15) is 9.59 Å². The summed E-state index contributed by atoms with van der Waals surface area (Å²) >= 11 is 1.75. The van der Waals surface area contributed by atoms with E-state index in [1.165, 1.54) is 16.0 Å². The number of carbonyl (C=O) groups is 2. The van der Waals surface area contributed by atoms with Gasteiger partial charge in [-0.15, -0.1) is 11.3 Å². The fourth-order valence-electron chi connectivity index (χ4n) is 4.34. The first-order valence-electron chi connectivity index (χ1n) is 11.7. The molecule has 4 rings (SSSR count). The van der Waals surface area contributed by atoms with Crippen molar-refractivity contribution in [3.63, 3.8) is 0 Å². The molecule has 172 valence electrons. The van der Waals surface area contributed by atoms with Crippen LogP contribution in [0.1, 0.15) is 68.5 Å². The summed E-state index contributed by atoms with van der Waals surface area (Å²) in [5.74, 6) is 1.30. The molecule has 2 amide bonds. The second-order valence-corrected chi connectivity index (χ2v) is 10.5. The van der Waals surface area contributed by atoms with Crippen molar-refractivity contribution in [3.05, 3.63) is 51.7 Å². The van der Waals surface area contributed by atoms with Crippen molar-refractivity contribution in [2.24, 2.45) is 5.92 Å². The minimum absolute atomic E-state index is 0.0199. The Kier molecular flexibility index (Phi) is 6.89. The third-order valence-corrected chi connectivity index (χ3v) is 7.44. The van der Waals surface area contributed by atoms with Gasteiger partial charge in [0.1, 0.15) is 18.9 Å². The molecule has 0 radical (unpaired) electrons. The van der Waals surface area contributed by atoms with Crippen LogP contribution >= 0.6 is 11.3 Å². The van der Waals surface area contributed by atoms with Gasteiger partial charge in [-0.25, -0.2) is 0 Å². The van der Waals surface area contributed by atoms with Crippen LogP contribution in [0, 0.1) is 5.92 Å². The van der Waals surface area contributed by atoms with Crippen LogP contribution in [0.5, 0.6) is 5.75 Å². The summed E-state index contributed by atoms with van der Waals surface area (Å²) in [6.07, 6.45) is 2.86. The van der Waals surface area contributed by atoms with E-state index >= 15 is 0 Å². The Labute approximate surface area is 195 Å². The molecule has 1 aromatic carbocycles. The van der Waals surface area contributed by atoms with Crippen LogP contribution in [0.15, 0.2) is 35.7 Å². The van der Waals surface area contributed by atoms with Crippen molar-refractivity contribution in [1.29, 1.82) is 0 Å². The highest BCUT2D eigenvalue weighted by Crippen LogP contribution is 2.35. The van der Waals surface area contributed by atoms with Crippen LogP contribution in [0.3, 0.4) is 0 Å². The number of hydrogen-bond donors (Lipinski definition) is 0. The molecule has 5 nitrogen and oxygen atoms in total. The molecule has 0 spiro atoms. The highest BCUT2D eigenvalue weighted by molar-refractivity contribution is 7.10. The minimum atomic E-state index is -0.127. The number of ether oxygens (including phenoxy) is 1. The molecule has 2 heterocycles. The molecule has 1 saturated carbocycles. The summed E-state index contributed by atoms with van der Waals surface area (Å²) in [6, 6.07) is 10.4. The van der Waals surface area contributed by atoms with Crippen LogP contribution < -0.4 is 4.74 Å². The van der Waals surface area contributed by atoms with Gasteiger partial charge in [-0.05, 0) is 59.9 Å². The van der Waals surface area contributed by atoms with Gasteiger partial charge in [0.15, 0.2) is 0 Å². The smallest absolute Gasteiger partial charge is 0.242 e. The highest BCUT2D eigenvalue weighted by atomic mass is 32.1. The van der Waals surface area contributed by atoms with Gasteiger partial charge in [0.2, 0.25) is 11.8 Å². The van der Waals surface area contributed by atoms with Crippen molar-refractivity contribution < 1.29 is 14.3 Å². The maximum Gasteiger partial charge on any atom is 0.242 e. The Morgan fingerprint density at radius 1 is 1.12 bits per heavy atom. The Morgan fingerprint density at radius 2 is 1.84 bits per heavy atom. The summed E-state index contributed by atoms with van der Waals surface area (Å²) in [4.78, 5) is 31.2. The predicted molar refractivity (Wildman–Crippen MR) is 128 cm³/mol. The predicted octanol–water partition coefficient (Wildman–Crippen LogP) is 5.02. The number of amides is 2. The lowest BCUT2D eigenvalue weighted by Gasteiger charge is -2.37. The Balaban J connectivity index is 1.49. The van der Waals surface area contributed by atoms with Crippen molar-refractivity contribution in [2.75, 3.05) is 19.7 Å². The zero-order chi connectivity index (χ0) is 22.8. The molecule has 2 aromatic rings. The molecule has 1 fully saturated rings. The molecule has 1 unspecified atom stereocenters. The van der Waals surface area contributed by atoms with Crippen molar-refractivity contribution in [3.8, 4) is 5.75 Å². The van der Waals surface area contributed by atoms with Crippen molar-refractivity contribution >= 4 is 23.2 Å². The molecule has 1 aromatic heterocycles. The van der Waals surface area contributed by atoms with Gasteiger partial charge < -0.3 is 14.5 Å². The van der Waals surface area contributed by atoms with Gasteiger partial charge in [-0.1, -0.05) is 39.8 Å². The van der Waals surface area contributed by atoms with Crippen LogP contribution in [0.2, 0.25) is 0 Å². The Morgan fingerprint density at radius 3 is 2.47 bits per heavy atom. The summed E-state index contributed by atoms with van der Waals surface area (Å²) in [6.45, 7) is 9.41. The average molecular weight is 455 g/mol. The monoisotopic (exact) mass is 454 g/mol. The Bertz CT molecular complexity index is 946. The van der Waals surface area contributed by atoms with Crippen LogP contribution in [-0.4, -0.2) is 47.4 Å². The first kappa shape index (κ1) is 22.8. The molecule has 0 N–H and O–H groups in total. The minimum Gasteiger partial charge on any atom is -0.491 e. The summed E-state index contributed by atoms with van der Waals surface area (Å²) in [5.41, 5.74) is 2.46. The molecular formula is C26H34N2O3S. The zero-order valence-electron chi connectivity index (χ0n) is 19.5. The highest BCUT2D eigenvalue weighted by Gasteiger charge is 2.38. The normalized spacial score (nSPS) is 18.1. The lowest BCUT2D eigenvalue weighted by atomic mass is 10.00. The van der Waals surface area contributed by atoms with Gasteiger partial charge in [-0.2, -0.15) is 0 Å². The van der Waals surface area contributed by atoms with E-state index in [4.69, 9.17) is 4.74 Å². The number of nitrogens with zero attached hydrogens (tertiary/aromatic N) is 2. The third-order valence-electron chi connectivity index (χ3n) is 6.44. The number of hydrogen-bond acceptors (Lipinski definition) is 4. The van der Waals surface area contributed by atoms with E-state index in [2.05, 4.69) is 37.4 Å². The first-order valence-corrected chi connectivity index (χ1v) is 12.6. The van der Waals surface area contributed by atoms with E-state index in [1.54, 1.807) is 16.2 Å². The van der Waals surface area contributed by atoms with Gasteiger partial charge in [-0.3, -0.25) is 9.59 Å². The fraction of sp³-hybridized carbons (Fsp3) is 0.538. The second-order valence-electron chi connectivity index (χ2n) is 9.54. The first-order chi connectivity index (χ1) is 15.3. The van der Waals surface area contributed by atoms with Crippen molar-refractivity contribution in [2.45, 2.75) is 65.0 Å². The van der Waals surface area contributed by atoms with E-state index in [0.29, 0.717) is 19.1 Å². The molecule has 6 heteroatoms. The molecule has 0 saturated heterocycles. The topological polar surface area (TPSA) is 49.9 Å². The number of benzene rings is 1. The Hall–Kier alpha value is -2.34. The third kappa shape index (κ3) is 5.01. The quantitative estimate of drug-likeness (QED) is 0.563. The lowest BCUT2D eigenvalue weighted by molar-refractivity contribution is -0.144. The molecule has 1 aliphatic carbocycles. The van der Waals surface area contributed by atoms with E-state index in [0.717, 1.165) is 25.0 Å². The zero-order valence-corrected chi connectivity index (χ0v) is 20.4. The summed E-state index contributed by atoms with van der Waals surface area (Å²) in [7, 11) is 0. The second kappa shape index (κ2) is 9.65. The number of thiophene rings is 1. The molecule has 1 aliphatic heterocycles. The number of rotatable bonds is 8. The van der Waals surface area contributed by atoms with E-state index in [-0.39, 0.29) is 36.4 Å². The van der Waals surface area contributed by atoms with Crippen LogP contribution in [-0.2, 0) is 16.0 Å². The molecule has 2 aliphatic rings. The number of carbonyl (C=O) groups excluding carboxylic acids is 2. The SMILES string of the molecule is CC(C)C(=O)N(CC(=O)N1CCc2sccc2C1COc1ccc(C(C)C)cc1)C1CC1. The average Bonchev–Trinajstić information content (AvgIpc) is 3.51. The van der Waals surface area contributed by atoms with E-state index < -0.39 is 0 Å². The van der Waals surface area contributed by atoms with Gasteiger partial charge in [0, 0.05) is 23.4 Å². The van der Waals surface area contributed by atoms with Gasteiger partial charge in [0.05, 0.1) is 6.04 Å². The van der Waals surface area contributed by atoms with E-state index in [1.807, 2.05) is 30.9 Å². The van der Waals surface area contributed by atoms with Gasteiger partial charge in [0.25, 0.3) is 0 Å². The number of fused-ring (bicyclic) bond motifs is 1. The van der Waals surface area contributed by atoms with Crippen molar-refractivity contribution in [1.82, 2.24) is 9.80 Å². The lowest BCUT2D eigenvalue weighted by Crippen LogP contribution is -2.49. The fourth-order valence-corrected chi connectivity index (χ4v) is 5.27. The van der Waals surface area contributed by atoms with Crippen LogP contribution in [0.4, 0.5) is 0 Å². The maximum atomic E-state index is 13.4. The molecule has 1 atom stereocenters. The summed E-state index contributed by atoms with van der Waals surface area (Å²) < 4.78 is 6.17. The summed E-state index contributed by atoms with van der Waals surface area (Å²) in [5, 5.41) is 2.10. The maximum absolute atomic E-state index is 13.4. The van der Waals surface area contributed by atoms with Gasteiger partial charge >= 0.3 is 0 Å².